The zero-order valence-corrected chi connectivity index (χ0v) is 5.02. The minimum atomic E-state index is 0.696. The summed E-state index contributed by atoms with van der Waals surface area (Å²) in [6.45, 7) is 0. The molecule has 2 aromatic heterocycles. The Balaban J connectivity index is 2.89. The minimum absolute atomic E-state index is 0.696. The molecule has 1 radical (unpaired) electrons. The van der Waals surface area contributed by atoms with Crippen LogP contribution in [0.2, 0.25) is 0 Å². The van der Waals surface area contributed by atoms with E-state index in [1.54, 1.807) is 18.5 Å². The van der Waals surface area contributed by atoms with Crippen LogP contribution in [-0.4, -0.2) is 20.2 Å². The second-order valence-electron chi connectivity index (χ2n) is 1.77. The summed E-state index contributed by atoms with van der Waals surface area (Å²) in [7, 11) is 0. The maximum Gasteiger partial charge on any atom is 0.198 e. The highest BCUT2D eigenvalue weighted by molar-refractivity contribution is 5.70. The van der Waals surface area contributed by atoms with E-state index < -0.39 is 0 Å². The van der Waals surface area contributed by atoms with Crippen LogP contribution in [0.25, 0.3) is 11.0 Å². The summed E-state index contributed by atoms with van der Waals surface area (Å²) in [6.07, 6.45) is 5.63. The molecule has 2 rings (SSSR count). The Hall–Kier alpha value is -1.58. The Morgan fingerprint density at radius 1 is 1.30 bits per heavy atom. The summed E-state index contributed by atoms with van der Waals surface area (Å²) < 4.78 is 0. The molecular formula is C6H3N4. The van der Waals surface area contributed by atoms with Crippen LogP contribution in [0.4, 0.5) is 0 Å². The van der Waals surface area contributed by atoms with Crippen molar-refractivity contribution in [3.05, 3.63) is 24.8 Å². The van der Waals surface area contributed by atoms with Crippen molar-refractivity contribution in [3.8, 4) is 0 Å². The van der Waals surface area contributed by atoms with Gasteiger partial charge in [0.1, 0.15) is 5.52 Å². The lowest BCUT2D eigenvalue weighted by Crippen LogP contribution is -1.85. The van der Waals surface area contributed by atoms with Crippen molar-refractivity contribution in [2.24, 2.45) is 0 Å². The van der Waals surface area contributed by atoms with Crippen LogP contribution < -0.4 is 0 Å². The maximum absolute atomic E-state index is 3.84. The molecule has 0 aromatic carbocycles. The van der Waals surface area contributed by atoms with Crippen molar-refractivity contribution in [2.45, 2.75) is 0 Å². The predicted octanol–water partition coefficient (Wildman–Crippen LogP) is 0.220. The van der Waals surface area contributed by atoms with Crippen LogP contribution in [0.1, 0.15) is 0 Å². The molecule has 10 heavy (non-hydrogen) atoms. The Kier molecular flexibility index (Phi) is 1.04. The van der Waals surface area contributed by atoms with Gasteiger partial charge in [-0.1, -0.05) is 0 Å². The predicted molar refractivity (Wildman–Crippen MR) is 34.0 cm³/mol. The molecule has 0 atom stereocenters. The third-order valence-corrected chi connectivity index (χ3v) is 1.14. The summed E-state index contributed by atoms with van der Waals surface area (Å²) in [5.74, 6) is 0. The zero-order chi connectivity index (χ0) is 6.81. The fourth-order valence-corrected chi connectivity index (χ4v) is 0.695. The van der Waals surface area contributed by atoms with E-state index in [0.717, 1.165) is 5.52 Å². The molecular weight excluding hydrogens is 128 g/mol. The molecule has 2 aromatic rings. The third kappa shape index (κ3) is 0.699. The lowest BCUT2D eigenvalue weighted by Gasteiger charge is -1.88. The third-order valence-electron chi connectivity index (χ3n) is 1.14. The summed E-state index contributed by atoms with van der Waals surface area (Å²) in [6, 6.07) is 1.76. The van der Waals surface area contributed by atoms with Gasteiger partial charge in [-0.2, -0.15) is 5.10 Å². The summed E-state index contributed by atoms with van der Waals surface area (Å²) in [5, 5.41) is 7.46. The molecule has 0 spiro atoms. The molecule has 0 amide bonds. The fourth-order valence-electron chi connectivity index (χ4n) is 0.695. The van der Waals surface area contributed by atoms with Crippen LogP contribution in [0.5, 0.6) is 0 Å². The highest BCUT2D eigenvalue weighted by Gasteiger charge is 1.91. The number of nitrogens with zero attached hydrogens (tertiary/aromatic N) is 4. The van der Waals surface area contributed by atoms with E-state index in [9.17, 15) is 0 Å². The Morgan fingerprint density at radius 2 is 2.30 bits per heavy atom. The molecule has 4 heteroatoms. The molecule has 2 heterocycles. The topological polar surface area (TPSA) is 51.6 Å². The fraction of sp³-hybridized carbons (Fsp3) is 0. The molecule has 0 aliphatic heterocycles. The van der Waals surface area contributed by atoms with Gasteiger partial charge in [0, 0.05) is 0 Å². The number of rotatable bonds is 0. The summed E-state index contributed by atoms with van der Waals surface area (Å²) in [4.78, 5) is 7.52. The van der Waals surface area contributed by atoms with E-state index in [1.165, 1.54) is 0 Å². The van der Waals surface area contributed by atoms with Gasteiger partial charge >= 0.3 is 0 Å². The van der Waals surface area contributed by atoms with Gasteiger partial charge in [0.25, 0.3) is 0 Å². The summed E-state index contributed by atoms with van der Waals surface area (Å²) >= 11 is 0. The smallest absolute Gasteiger partial charge is 0.198 e. The molecule has 0 fully saturated rings. The highest BCUT2D eigenvalue weighted by Crippen LogP contribution is 2.00. The van der Waals surface area contributed by atoms with Gasteiger partial charge < -0.3 is 0 Å². The number of hydrogen-bond acceptors (Lipinski definition) is 4. The molecule has 0 saturated heterocycles. The van der Waals surface area contributed by atoms with Crippen molar-refractivity contribution >= 4 is 11.0 Å². The molecule has 0 bridgehead atoms. The van der Waals surface area contributed by atoms with E-state index >= 15 is 0 Å². The van der Waals surface area contributed by atoms with Crippen LogP contribution in [0.15, 0.2) is 18.5 Å². The lowest BCUT2D eigenvalue weighted by atomic mass is 10.4. The first-order chi connectivity index (χ1) is 4.97. The molecule has 0 aliphatic rings. The van der Waals surface area contributed by atoms with E-state index in [1.807, 2.05) is 0 Å². The first-order valence-electron chi connectivity index (χ1n) is 2.77. The lowest BCUT2D eigenvalue weighted by molar-refractivity contribution is 1.05. The first-order valence-corrected chi connectivity index (χ1v) is 2.77. The molecule has 0 unspecified atom stereocenters. The average Bonchev–Trinajstić information content (AvgIpc) is 2.05. The second kappa shape index (κ2) is 1.98. The maximum atomic E-state index is 3.84. The quantitative estimate of drug-likeness (QED) is 0.513. The van der Waals surface area contributed by atoms with Crippen LogP contribution in [0, 0.1) is 6.33 Å². The summed E-state index contributed by atoms with van der Waals surface area (Å²) in [5.41, 5.74) is 1.46. The molecule has 0 N–H and O–H groups in total. The zero-order valence-electron chi connectivity index (χ0n) is 5.02. The van der Waals surface area contributed by atoms with Gasteiger partial charge in [-0.15, -0.1) is 5.10 Å². The normalized spacial score (nSPS) is 10.0. The van der Waals surface area contributed by atoms with Gasteiger partial charge in [0.05, 0.1) is 17.9 Å². The van der Waals surface area contributed by atoms with Crippen LogP contribution in [0.3, 0.4) is 0 Å². The van der Waals surface area contributed by atoms with Crippen LogP contribution >= 0.6 is 0 Å². The SMILES string of the molecule is [c]1ncc2nnccc2n1. The van der Waals surface area contributed by atoms with Crippen molar-refractivity contribution < 1.29 is 0 Å². The van der Waals surface area contributed by atoms with Gasteiger partial charge in [-0.3, -0.25) is 0 Å². The van der Waals surface area contributed by atoms with Gasteiger partial charge in [-0.05, 0) is 6.07 Å². The van der Waals surface area contributed by atoms with Crippen molar-refractivity contribution in [2.75, 3.05) is 0 Å². The monoisotopic (exact) mass is 131 g/mol. The first kappa shape index (κ1) is 5.22. The molecule has 0 saturated carbocycles. The standard InChI is InChI=1S/C6H3N4/c1-2-9-10-6-3-7-4-8-5(1)6/h1-3H. The molecule has 0 aliphatic carbocycles. The largest absolute Gasteiger partial charge is 0.231 e. The average molecular weight is 131 g/mol. The minimum Gasteiger partial charge on any atom is -0.231 e. The van der Waals surface area contributed by atoms with Gasteiger partial charge in [0.2, 0.25) is 0 Å². The Labute approximate surface area is 57.0 Å². The van der Waals surface area contributed by atoms with E-state index in [2.05, 4.69) is 26.5 Å². The van der Waals surface area contributed by atoms with Crippen molar-refractivity contribution in [1.29, 1.82) is 0 Å². The molecule has 47 valence electrons. The number of aromatic nitrogens is 4. The van der Waals surface area contributed by atoms with Crippen molar-refractivity contribution in [3.63, 3.8) is 0 Å². The van der Waals surface area contributed by atoms with Crippen molar-refractivity contribution in [1.82, 2.24) is 20.2 Å². The van der Waals surface area contributed by atoms with Crippen LogP contribution in [-0.2, 0) is 0 Å². The molecule has 4 nitrogen and oxygen atoms in total. The van der Waals surface area contributed by atoms with E-state index in [4.69, 9.17) is 0 Å². The number of fused-ring (bicyclic) bond motifs is 1. The van der Waals surface area contributed by atoms with E-state index in [-0.39, 0.29) is 0 Å². The Morgan fingerprint density at radius 3 is 3.20 bits per heavy atom. The highest BCUT2D eigenvalue weighted by atomic mass is 15.1. The van der Waals surface area contributed by atoms with Gasteiger partial charge in [-0.25, -0.2) is 9.97 Å². The van der Waals surface area contributed by atoms with E-state index in [0.29, 0.717) is 5.52 Å². The number of hydrogen-bond donors (Lipinski definition) is 0. The van der Waals surface area contributed by atoms with Gasteiger partial charge in [0.15, 0.2) is 6.33 Å². The second-order valence-corrected chi connectivity index (χ2v) is 1.77. The Bertz CT molecular complexity index is 281.